The van der Waals surface area contributed by atoms with E-state index >= 15 is 0 Å². The second kappa shape index (κ2) is 8.88. The van der Waals surface area contributed by atoms with Crippen LogP contribution in [0.25, 0.3) is 0 Å². The third-order valence-corrected chi connectivity index (χ3v) is 6.49. The van der Waals surface area contributed by atoms with Gasteiger partial charge in [0.1, 0.15) is 5.01 Å². The van der Waals surface area contributed by atoms with E-state index in [0.29, 0.717) is 18.0 Å². The number of esters is 1. The van der Waals surface area contributed by atoms with Gasteiger partial charge in [-0.05, 0) is 37.6 Å². The molecule has 0 saturated heterocycles. The zero-order valence-corrected chi connectivity index (χ0v) is 17.2. The molecular formula is C16H19BrN2O4S2. The molecule has 0 saturated carbocycles. The number of hydrogen-bond acceptors (Lipinski definition) is 6. The second-order valence-corrected chi connectivity index (χ2v) is 8.94. The molecule has 9 heteroatoms. The van der Waals surface area contributed by atoms with Gasteiger partial charge >= 0.3 is 5.97 Å². The number of benzene rings is 1. The van der Waals surface area contributed by atoms with E-state index in [1.807, 2.05) is 6.92 Å². The Hall–Kier alpha value is -1.29. The molecule has 2 rings (SSSR count). The number of halogens is 1. The topological polar surface area (TPSA) is 76.6 Å². The molecule has 1 heterocycles. The molecule has 0 bridgehead atoms. The van der Waals surface area contributed by atoms with Gasteiger partial charge in [-0.25, -0.2) is 18.2 Å². The summed E-state index contributed by atoms with van der Waals surface area (Å²) in [5, 5.41) is 2.14. The van der Waals surface area contributed by atoms with E-state index in [-0.39, 0.29) is 23.7 Å². The summed E-state index contributed by atoms with van der Waals surface area (Å²) in [6, 6.07) is 6.51. The molecule has 0 aliphatic heterocycles. The highest BCUT2D eigenvalue weighted by Gasteiger charge is 2.25. The molecule has 1 aromatic heterocycles. The van der Waals surface area contributed by atoms with Crippen molar-refractivity contribution in [1.29, 1.82) is 0 Å². The van der Waals surface area contributed by atoms with Crippen molar-refractivity contribution in [2.45, 2.75) is 31.7 Å². The maximum absolute atomic E-state index is 12.9. The Kier molecular flexibility index (Phi) is 7.12. The summed E-state index contributed by atoms with van der Waals surface area (Å²) in [6.45, 7) is 4.39. The highest BCUT2D eigenvalue weighted by Crippen LogP contribution is 2.22. The van der Waals surface area contributed by atoms with Gasteiger partial charge in [0.2, 0.25) is 10.0 Å². The summed E-state index contributed by atoms with van der Waals surface area (Å²) in [4.78, 5) is 16.1. The van der Waals surface area contributed by atoms with Crippen LogP contribution in [0.1, 0.15) is 35.8 Å². The van der Waals surface area contributed by atoms with Crippen molar-refractivity contribution in [1.82, 2.24) is 9.29 Å². The largest absolute Gasteiger partial charge is 0.461 e. The molecule has 0 atom stereocenters. The molecule has 136 valence electrons. The Morgan fingerprint density at radius 3 is 2.56 bits per heavy atom. The van der Waals surface area contributed by atoms with Crippen LogP contribution >= 0.6 is 27.3 Å². The molecule has 0 aliphatic carbocycles. The van der Waals surface area contributed by atoms with Crippen LogP contribution in [0.4, 0.5) is 0 Å². The average Bonchev–Trinajstić information content (AvgIpc) is 3.04. The molecule has 0 radical (unpaired) electrons. The SMILES string of the molecule is CCCN(Cc1nc(C(=O)OCC)cs1)S(=O)(=O)c1ccc(Br)cc1. The van der Waals surface area contributed by atoms with Crippen LogP contribution in [-0.2, 0) is 21.3 Å². The lowest BCUT2D eigenvalue weighted by molar-refractivity contribution is 0.0520. The lowest BCUT2D eigenvalue weighted by atomic mass is 10.4. The van der Waals surface area contributed by atoms with Gasteiger partial charge in [-0.1, -0.05) is 22.9 Å². The number of thiazole rings is 1. The van der Waals surface area contributed by atoms with Crippen LogP contribution in [0.15, 0.2) is 39.0 Å². The highest BCUT2D eigenvalue weighted by atomic mass is 79.9. The first-order chi connectivity index (χ1) is 11.9. The van der Waals surface area contributed by atoms with Crippen LogP contribution in [-0.4, -0.2) is 36.8 Å². The minimum atomic E-state index is -3.64. The van der Waals surface area contributed by atoms with E-state index < -0.39 is 16.0 Å². The normalized spacial score (nSPS) is 11.7. The lowest BCUT2D eigenvalue weighted by Gasteiger charge is -2.20. The van der Waals surface area contributed by atoms with Crippen LogP contribution in [0, 0.1) is 0 Å². The predicted octanol–water partition coefficient (Wildman–Crippen LogP) is 3.68. The van der Waals surface area contributed by atoms with Crippen molar-refractivity contribution in [3.63, 3.8) is 0 Å². The first kappa shape index (κ1) is 20.0. The summed E-state index contributed by atoms with van der Waals surface area (Å²) < 4.78 is 32.9. The maximum Gasteiger partial charge on any atom is 0.357 e. The van der Waals surface area contributed by atoms with Crippen LogP contribution in [0.5, 0.6) is 0 Å². The molecule has 0 aliphatic rings. The fraction of sp³-hybridized carbons (Fsp3) is 0.375. The van der Waals surface area contributed by atoms with Gasteiger partial charge in [-0.3, -0.25) is 0 Å². The summed E-state index contributed by atoms with van der Waals surface area (Å²) in [7, 11) is -3.64. The zero-order valence-electron chi connectivity index (χ0n) is 13.9. The van der Waals surface area contributed by atoms with Crippen molar-refractivity contribution in [3.05, 3.63) is 44.8 Å². The molecular weight excluding hydrogens is 428 g/mol. The average molecular weight is 447 g/mol. The smallest absolute Gasteiger partial charge is 0.357 e. The number of hydrogen-bond donors (Lipinski definition) is 0. The molecule has 6 nitrogen and oxygen atoms in total. The maximum atomic E-state index is 12.9. The summed E-state index contributed by atoms with van der Waals surface area (Å²) in [5.74, 6) is -0.497. The fourth-order valence-corrected chi connectivity index (χ4v) is 4.74. The fourth-order valence-electron chi connectivity index (χ4n) is 2.12. The van der Waals surface area contributed by atoms with Crippen LogP contribution in [0.2, 0.25) is 0 Å². The minimum Gasteiger partial charge on any atom is -0.461 e. The van der Waals surface area contributed by atoms with E-state index in [9.17, 15) is 13.2 Å². The Balaban J connectivity index is 2.23. The Morgan fingerprint density at radius 1 is 1.28 bits per heavy atom. The van der Waals surface area contributed by atoms with Crippen molar-refractivity contribution < 1.29 is 17.9 Å². The Morgan fingerprint density at radius 2 is 1.96 bits per heavy atom. The van der Waals surface area contributed by atoms with Crippen molar-refractivity contribution in [2.24, 2.45) is 0 Å². The van der Waals surface area contributed by atoms with Crippen LogP contribution < -0.4 is 0 Å². The molecule has 0 N–H and O–H groups in total. The number of carbonyl (C=O) groups excluding carboxylic acids is 1. The summed E-state index contributed by atoms with van der Waals surface area (Å²) >= 11 is 4.55. The molecule has 2 aromatic rings. The van der Waals surface area contributed by atoms with E-state index in [1.165, 1.54) is 15.6 Å². The van der Waals surface area contributed by atoms with Crippen molar-refractivity contribution in [3.8, 4) is 0 Å². The van der Waals surface area contributed by atoms with Crippen molar-refractivity contribution >= 4 is 43.3 Å². The van der Waals surface area contributed by atoms with E-state index in [0.717, 1.165) is 4.47 Å². The van der Waals surface area contributed by atoms with E-state index in [1.54, 1.807) is 36.6 Å². The first-order valence-corrected chi connectivity index (χ1v) is 10.9. The molecule has 0 amide bonds. The molecule has 0 unspecified atom stereocenters. The monoisotopic (exact) mass is 446 g/mol. The van der Waals surface area contributed by atoms with Gasteiger partial charge < -0.3 is 4.74 Å². The molecule has 25 heavy (non-hydrogen) atoms. The van der Waals surface area contributed by atoms with Gasteiger partial charge in [0.25, 0.3) is 0 Å². The van der Waals surface area contributed by atoms with E-state index in [2.05, 4.69) is 20.9 Å². The van der Waals surface area contributed by atoms with Crippen molar-refractivity contribution in [2.75, 3.05) is 13.2 Å². The summed E-state index contributed by atoms with van der Waals surface area (Å²) in [6.07, 6.45) is 0.672. The molecule has 0 fully saturated rings. The van der Waals surface area contributed by atoms with E-state index in [4.69, 9.17) is 4.74 Å². The minimum absolute atomic E-state index is 0.121. The van der Waals surface area contributed by atoms with Gasteiger partial charge in [-0.15, -0.1) is 11.3 Å². The molecule has 0 spiro atoms. The standard InChI is InChI=1S/C16H19BrN2O4S2/c1-3-9-19(25(21,22)13-7-5-12(17)6-8-13)10-15-18-14(11-24-15)16(20)23-4-2/h5-8,11H,3-4,9-10H2,1-2H3. The zero-order chi connectivity index (χ0) is 18.4. The van der Waals surface area contributed by atoms with Gasteiger partial charge in [0.05, 0.1) is 18.0 Å². The third kappa shape index (κ3) is 5.10. The van der Waals surface area contributed by atoms with Gasteiger partial charge in [0, 0.05) is 16.4 Å². The second-order valence-electron chi connectivity index (χ2n) is 5.14. The highest BCUT2D eigenvalue weighted by molar-refractivity contribution is 9.10. The lowest BCUT2D eigenvalue weighted by Crippen LogP contribution is -2.31. The number of rotatable bonds is 8. The number of nitrogens with zero attached hydrogens (tertiary/aromatic N) is 2. The number of carbonyl (C=O) groups is 1. The summed E-state index contributed by atoms with van der Waals surface area (Å²) in [5.41, 5.74) is 0.208. The number of aromatic nitrogens is 1. The van der Waals surface area contributed by atoms with Crippen LogP contribution in [0.3, 0.4) is 0 Å². The number of ether oxygens (including phenoxy) is 1. The molecule has 1 aromatic carbocycles. The first-order valence-electron chi connectivity index (χ1n) is 7.75. The Labute approximate surface area is 160 Å². The number of sulfonamides is 1. The predicted molar refractivity (Wildman–Crippen MR) is 100 cm³/mol. The van der Waals surface area contributed by atoms with Gasteiger partial charge in [-0.2, -0.15) is 4.31 Å². The Bertz CT molecular complexity index is 819. The third-order valence-electron chi connectivity index (χ3n) is 3.27. The van der Waals surface area contributed by atoms with Gasteiger partial charge in [0.15, 0.2) is 5.69 Å². The quantitative estimate of drug-likeness (QED) is 0.577.